The van der Waals surface area contributed by atoms with Crippen molar-refractivity contribution in [2.75, 3.05) is 0 Å². The third-order valence-electron chi connectivity index (χ3n) is 2.31. The number of amidine groups is 1. The van der Waals surface area contributed by atoms with Crippen LogP contribution < -0.4 is 5.73 Å². The molecule has 2 rings (SSSR count). The Morgan fingerprint density at radius 2 is 2.22 bits per heavy atom. The van der Waals surface area contributed by atoms with Crippen molar-refractivity contribution in [3.63, 3.8) is 0 Å². The molecule has 6 nitrogen and oxygen atoms in total. The van der Waals surface area contributed by atoms with Gasteiger partial charge in [0.1, 0.15) is 0 Å². The molecular weight excluding hydrogens is 277 g/mol. The summed E-state index contributed by atoms with van der Waals surface area (Å²) in [7, 11) is 0. The second kappa shape index (κ2) is 4.83. The van der Waals surface area contributed by atoms with Crippen molar-refractivity contribution in [1.29, 1.82) is 0 Å². The maximum atomic E-state index is 8.66. The van der Waals surface area contributed by atoms with E-state index in [2.05, 4.69) is 15.2 Å². The molecule has 0 aliphatic heterocycles. The number of nitrogens with two attached hydrogens (primary N) is 1. The fraction of sp³-hybridized carbons (Fsp3) is 0.100. The monoisotopic (exact) mass is 285 g/mol. The van der Waals surface area contributed by atoms with Crippen LogP contribution in [0.15, 0.2) is 23.6 Å². The van der Waals surface area contributed by atoms with Crippen molar-refractivity contribution < 1.29 is 5.21 Å². The van der Waals surface area contributed by atoms with E-state index in [0.29, 0.717) is 22.1 Å². The first kappa shape index (κ1) is 12.7. The van der Waals surface area contributed by atoms with E-state index in [1.807, 2.05) is 0 Å². The zero-order valence-corrected chi connectivity index (χ0v) is 10.8. The molecule has 0 atom stereocenters. The predicted molar refractivity (Wildman–Crippen MR) is 68.6 cm³/mol. The lowest BCUT2D eigenvalue weighted by Gasteiger charge is -2.07. The lowest BCUT2D eigenvalue weighted by Crippen LogP contribution is -2.15. The molecule has 0 saturated heterocycles. The number of pyridine rings is 1. The van der Waals surface area contributed by atoms with E-state index in [9.17, 15) is 0 Å². The van der Waals surface area contributed by atoms with Crippen LogP contribution in [0.1, 0.15) is 11.3 Å². The van der Waals surface area contributed by atoms with Gasteiger partial charge in [0.15, 0.2) is 11.7 Å². The standard InChI is InChI=1S/C10H9Cl2N5O/c1-5-7(11)4-17(15-5)10-8(12)6(2-3-14-10)9(13)16-18/h2-4,18H,1H3,(H2,13,16). The van der Waals surface area contributed by atoms with Crippen LogP contribution in [0.5, 0.6) is 0 Å². The molecule has 0 unspecified atom stereocenters. The fourth-order valence-corrected chi connectivity index (χ4v) is 1.82. The molecule has 0 spiro atoms. The number of hydrogen-bond acceptors (Lipinski definition) is 4. The number of hydrogen-bond donors (Lipinski definition) is 2. The minimum absolute atomic E-state index is 0.0985. The molecule has 3 N–H and O–H groups in total. The van der Waals surface area contributed by atoms with Crippen molar-refractivity contribution >= 4 is 29.0 Å². The summed E-state index contributed by atoms with van der Waals surface area (Å²) in [6.07, 6.45) is 3.07. The van der Waals surface area contributed by atoms with Gasteiger partial charge in [0.05, 0.1) is 21.9 Å². The minimum Gasteiger partial charge on any atom is -0.409 e. The molecule has 2 aromatic heterocycles. The molecule has 2 heterocycles. The van der Waals surface area contributed by atoms with Crippen molar-refractivity contribution in [2.45, 2.75) is 6.92 Å². The first-order chi connectivity index (χ1) is 8.54. The molecule has 0 fully saturated rings. The zero-order valence-electron chi connectivity index (χ0n) is 9.30. The maximum Gasteiger partial charge on any atom is 0.172 e. The van der Waals surface area contributed by atoms with Gasteiger partial charge >= 0.3 is 0 Å². The van der Waals surface area contributed by atoms with Gasteiger partial charge in [-0.3, -0.25) is 0 Å². The first-order valence-electron chi connectivity index (χ1n) is 4.89. The topological polar surface area (TPSA) is 89.3 Å². The molecule has 0 bridgehead atoms. The Morgan fingerprint density at radius 3 is 2.78 bits per heavy atom. The van der Waals surface area contributed by atoms with Crippen molar-refractivity contribution in [3.8, 4) is 5.82 Å². The summed E-state index contributed by atoms with van der Waals surface area (Å²) >= 11 is 12.1. The van der Waals surface area contributed by atoms with Gasteiger partial charge in [0.25, 0.3) is 0 Å². The third kappa shape index (κ3) is 2.12. The molecule has 18 heavy (non-hydrogen) atoms. The molecule has 0 amide bonds. The molecule has 0 aliphatic rings. The van der Waals surface area contributed by atoms with Gasteiger partial charge in [0, 0.05) is 11.8 Å². The number of aryl methyl sites for hydroxylation is 1. The summed E-state index contributed by atoms with van der Waals surface area (Å²) in [6.45, 7) is 1.76. The van der Waals surface area contributed by atoms with Crippen LogP contribution in [0, 0.1) is 6.92 Å². The van der Waals surface area contributed by atoms with Crippen LogP contribution in [0.3, 0.4) is 0 Å². The third-order valence-corrected chi connectivity index (χ3v) is 3.05. The SMILES string of the molecule is Cc1nn(-c2nccc(/C(N)=N/O)c2Cl)cc1Cl. The number of aromatic nitrogens is 3. The Bertz CT molecular complexity index is 603. The van der Waals surface area contributed by atoms with Crippen LogP contribution in [-0.2, 0) is 0 Å². The van der Waals surface area contributed by atoms with E-state index < -0.39 is 0 Å². The molecule has 2 aromatic rings. The summed E-state index contributed by atoms with van der Waals surface area (Å²) in [5, 5.41) is 16.5. The van der Waals surface area contributed by atoms with Crippen LogP contribution in [0.4, 0.5) is 0 Å². The molecule has 0 saturated carbocycles. The van der Waals surface area contributed by atoms with Gasteiger partial charge in [-0.25, -0.2) is 9.67 Å². The molecule has 0 radical (unpaired) electrons. The van der Waals surface area contributed by atoms with Gasteiger partial charge in [-0.1, -0.05) is 28.4 Å². The van der Waals surface area contributed by atoms with Gasteiger partial charge in [-0.05, 0) is 13.0 Å². The van der Waals surface area contributed by atoms with E-state index in [0.717, 1.165) is 0 Å². The van der Waals surface area contributed by atoms with E-state index in [1.54, 1.807) is 19.2 Å². The van der Waals surface area contributed by atoms with Crippen molar-refractivity contribution in [1.82, 2.24) is 14.8 Å². The van der Waals surface area contributed by atoms with Gasteiger partial charge in [-0.15, -0.1) is 0 Å². The summed E-state index contributed by atoms with van der Waals surface area (Å²) in [5.74, 6) is 0.259. The normalized spacial score (nSPS) is 11.8. The van der Waals surface area contributed by atoms with E-state index in [1.165, 1.54) is 10.9 Å². The summed E-state index contributed by atoms with van der Waals surface area (Å²) in [5.41, 5.74) is 6.53. The quantitative estimate of drug-likeness (QED) is 0.382. The van der Waals surface area contributed by atoms with Crippen LogP contribution in [0.25, 0.3) is 5.82 Å². The Balaban J connectivity index is 2.59. The van der Waals surface area contributed by atoms with Gasteiger partial charge in [0.2, 0.25) is 0 Å². The van der Waals surface area contributed by atoms with E-state index in [-0.39, 0.29) is 10.9 Å². The van der Waals surface area contributed by atoms with Crippen LogP contribution in [-0.4, -0.2) is 25.8 Å². The average Bonchev–Trinajstić information content (AvgIpc) is 2.69. The summed E-state index contributed by atoms with van der Waals surface area (Å²) in [4.78, 5) is 4.10. The zero-order chi connectivity index (χ0) is 13.3. The lowest BCUT2D eigenvalue weighted by molar-refractivity contribution is 0.318. The first-order valence-corrected chi connectivity index (χ1v) is 5.64. The predicted octanol–water partition coefficient (Wildman–Crippen LogP) is 1.98. The molecule has 0 aliphatic carbocycles. The highest BCUT2D eigenvalue weighted by molar-refractivity contribution is 6.35. The van der Waals surface area contributed by atoms with Gasteiger partial charge < -0.3 is 10.9 Å². The fourth-order valence-electron chi connectivity index (χ4n) is 1.39. The average molecular weight is 286 g/mol. The second-order valence-electron chi connectivity index (χ2n) is 3.49. The number of oxime groups is 1. The van der Waals surface area contributed by atoms with Crippen LogP contribution in [0.2, 0.25) is 10.0 Å². The van der Waals surface area contributed by atoms with E-state index in [4.69, 9.17) is 34.1 Å². The highest BCUT2D eigenvalue weighted by Crippen LogP contribution is 2.24. The second-order valence-corrected chi connectivity index (χ2v) is 4.27. The highest BCUT2D eigenvalue weighted by Gasteiger charge is 2.14. The Hall–Kier alpha value is -1.79. The molecule has 8 heteroatoms. The smallest absolute Gasteiger partial charge is 0.172 e. The molecule has 0 aromatic carbocycles. The van der Waals surface area contributed by atoms with Gasteiger partial charge in [-0.2, -0.15) is 5.10 Å². The molecular formula is C10H9Cl2N5O. The van der Waals surface area contributed by atoms with Crippen molar-refractivity contribution in [3.05, 3.63) is 39.8 Å². The maximum absolute atomic E-state index is 8.66. The Labute approximate surface area is 113 Å². The highest BCUT2D eigenvalue weighted by atomic mass is 35.5. The Morgan fingerprint density at radius 1 is 1.50 bits per heavy atom. The summed E-state index contributed by atoms with van der Waals surface area (Å²) in [6, 6.07) is 1.54. The number of rotatable bonds is 2. The van der Waals surface area contributed by atoms with Crippen LogP contribution >= 0.6 is 23.2 Å². The molecule has 94 valence electrons. The minimum atomic E-state index is -0.0985. The number of nitrogens with zero attached hydrogens (tertiary/aromatic N) is 4. The largest absolute Gasteiger partial charge is 0.409 e. The van der Waals surface area contributed by atoms with E-state index >= 15 is 0 Å². The summed E-state index contributed by atoms with van der Waals surface area (Å²) < 4.78 is 1.44. The lowest BCUT2D eigenvalue weighted by atomic mass is 10.2. The Kier molecular flexibility index (Phi) is 3.40. The number of halogens is 2. The van der Waals surface area contributed by atoms with Crippen molar-refractivity contribution in [2.24, 2.45) is 10.9 Å².